The van der Waals surface area contributed by atoms with E-state index in [-0.39, 0.29) is 24.3 Å². The van der Waals surface area contributed by atoms with E-state index < -0.39 is 0 Å². The van der Waals surface area contributed by atoms with Gasteiger partial charge in [0.15, 0.2) is 5.96 Å². The van der Waals surface area contributed by atoms with E-state index in [9.17, 15) is 4.79 Å². The highest BCUT2D eigenvalue weighted by Gasteiger charge is 2.42. The van der Waals surface area contributed by atoms with Crippen molar-refractivity contribution in [1.82, 2.24) is 4.98 Å². The summed E-state index contributed by atoms with van der Waals surface area (Å²) in [5.41, 5.74) is 13.5. The molecule has 0 aromatic carbocycles. The molecule has 0 bridgehead atoms. The van der Waals surface area contributed by atoms with Gasteiger partial charge in [-0.2, -0.15) is 0 Å². The van der Waals surface area contributed by atoms with Gasteiger partial charge in [-0.15, -0.1) is 0 Å². The van der Waals surface area contributed by atoms with Crippen molar-refractivity contribution in [2.75, 3.05) is 18.5 Å². The molecule has 38 heavy (non-hydrogen) atoms. The Hall–Kier alpha value is -2.09. The van der Waals surface area contributed by atoms with Gasteiger partial charge in [-0.3, -0.25) is 10.3 Å². The zero-order chi connectivity index (χ0) is 26.5. The number of halogens is 1. The molecule has 5 N–H and O–H groups in total. The highest BCUT2D eigenvalue weighted by Crippen LogP contribution is 2.33. The van der Waals surface area contributed by atoms with Gasteiger partial charge in [0.05, 0.1) is 24.4 Å². The van der Waals surface area contributed by atoms with E-state index in [1.807, 2.05) is 0 Å². The number of hydrogen-bond acceptors (Lipinski definition) is 5. The minimum Gasteiger partial charge on any atom is -1.00 e. The first-order valence-electron chi connectivity index (χ1n) is 15.0. The van der Waals surface area contributed by atoms with E-state index in [2.05, 4.69) is 28.7 Å². The van der Waals surface area contributed by atoms with Crippen molar-refractivity contribution in [2.24, 2.45) is 16.5 Å². The number of aryl methyl sites for hydroxylation is 1. The number of guanidine groups is 1. The normalized spacial score (nSPS) is 17.3. The molecule has 0 saturated carbocycles. The Morgan fingerprint density at radius 2 is 1.74 bits per heavy atom. The molecule has 2 aliphatic heterocycles. The van der Waals surface area contributed by atoms with E-state index in [0.29, 0.717) is 25.2 Å². The van der Waals surface area contributed by atoms with Crippen LogP contribution in [0.3, 0.4) is 0 Å². The van der Waals surface area contributed by atoms with Gasteiger partial charge >= 0.3 is 11.9 Å². The van der Waals surface area contributed by atoms with Crippen molar-refractivity contribution in [2.45, 2.75) is 135 Å². The van der Waals surface area contributed by atoms with E-state index in [0.717, 1.165) is 80.7 Å². The van der Waals surface area contributed by atoms with Crippen LogP contribution in [0.25, 0.3) is 0 Å². The molecule has 0 amide bonds. The minimum atomic E-state index is -0.225. The summed E-state index contributed by atoms with van der Waals surface area (Å²) in [6, 6.07) is 0.912. The Morgan fingerprint density at radius 1 is 1.03 bits per heavy atom. The number of carbonyl (C=O) groups excluding carboxylic acids is 1. The fourth-order valence-electron chi connectivity index (χ4n) is 5.77. The minimum absolute atomic E-state index is 0. The summed E-state index contributed by atoms with van der Waals surface area (Å²) in [6.45, 7) is 5.40. The number of nitrogens with zero attached hydrogens (tertiary/aromatic N) is 3. The second-order valence-electron chi connectivity index (χ2n) is 10.9. The van der Waals surface area contributed by atoms with E-state index in [1.165, 1.54) is 51.4 Å². The lowest BCUT2D eigenvalue weighted by Crippen LogP contribution is -3.00. The first-order chi connectivity index (χ1) is 18.0. The van der Waals surface area contributed by atoms with Gasteiger partial charge in [0.2, 0.25) is 0 Å². The summed E-state index contributed by atoms with van der Waals surface area (Å²) in [4.78, 5) is 22.4. The molecule has 8 nitrogen and oxygen atoms in total. The highest BCUT2D eigenvalue weighted by atomic mass is 35.5. The van der Waals surface area contributed by atoms with Crippen LogP contribution in [-0.2, 0) is 17.6 Å². The molecule has 216 valence electrons. The Bertz CT molecular complexity index is 890. The first kappa shape index (κ1) is 32.1. The van der Waals surface area contributed by atoms with Crippen molar-refractivity contribution in [3.63, 3.8) is 0 Å². The van der Waals surface area contributed by atoms with Crippen LogP contribution in [0.5, 0.6) is 0 Å². The fraction of sp³-hybridized carbons (Fsp3) is 0.793. The number of hydrogen-bond donors (Lipinski definition) is 3. The number of rotatable bonds is 18. The van der Waals surface area contributed by atoms with Crippen LogP contribution >= 0.6 is 0 Å². The fourth-order valence-corrected chi connectivity index (χ4v) is 5.77. The molecule has 1 aromatic rings. The molecule has 3 rings (SSSR count). The zero-order valence-electron chi connectivity index (χ0n) is 23.8. The van der Waals surface area contributed by atoms with Crippen molar-refractivity contribution in [1.29, 1.82) is 0 Å². The van der Waals surface area contributed by atoms with Crippen molar-refractivity contribution in [3.05, 3.63) is 17.0 Å². The quantitative estimate of drug-likeness (QED) is 0.0846. The molecular formula is C29H51ClN6O2. The molecule has 0 radical (unpaired) electrons. The number of esters is 1. The standard InChI is InChI=1S/C29H50N6O2.ClH/c1-3-5-7-8-9-10-12-15-22-21-23-17-18-25-26(27(36)37-20-14-13-19-32-28(30)31)24(16-11-6-4-2)34-29(33-22)35(23)25;/h22-23H,3-21H2,1-2H3,(H4,30,31,32);1H/t22-,23+;/m1./s1. The number of anilines is 1. The van der Waals surface area contributed by atoms with Gasteiger partial charge in [-0.1, -0.05) is 76.6 Å². The number of aliphatic imine (C=N–C) groups is 1. The van der Waals surface area contributed by atoms with Crippen molar-refractivity contribution in [3.8, 4) is 0 Å². The predicted octanol–water partition coefficient (Wildman–Crippen LogP) is 2.13. The summed E-state index contributed by atoms with van der Waals surface area (Å²) >= 11 is 0. The topological polar surface area (TPSA) is 119 Å². The summed E-state index contributed by atoms with van der Waals surface area (Å²) < 4.78 is 8.05. The lowest BCUT2D eigenvalue weighted by molar-refractivity contribution is -0.710. The van der Waals surface area contributed by atoms with Crippen LogP contribution in [-0.4, -0.2) is 36.1 Å². The number of aromatic nitrogens is 2. The summed E-state index contributed by atoms with van der Waals surface area (Å²) in [5.74, 6) is 0.843. The smallest absolute Gasteiger partial charge is 0.392 e. The summed E-state index contributed by atoms with van der Waals surface area (Å²) in [5, 5.41) is 3.76. The van der Waals surface area contributed by atoms with Crippen LogP contribution in [0.2, 0.25) is 0 Å². The monoisotopic (exact) mass is 550 g/mol. The summed E-state index contributed by atoms with van der Waals surface area (Å²) in [6.07, 6.45) is 19.3. The van der Waals surface area contributed by atoms with Crippen LogP contribution in [0.15, 0.2) is 4.99 Å². The highest BCUT2D eigenvalue weighted by molar-refractivity contribution is 5.91. The Morgan fingerprint density at radius 3 is 2.47 bits per heavy atom. The molecule has 1 aromatic heterocycles. The number of nitrogens with two attached hydrogens (primary N) is 2. The molecule has 3 heterocycles. The van der Waals surface area contributed by atoms with Crippen LogP contribution in [0, 0.1) is 0 Å². The van der Waals surface area contributed by atoms with Gasteiger partial charge < -0.3 is 28.6 Å². The summed E-state index contributed by atoms with van der Waals surface area (Å²) in [7, 11) is 0. The van der Waals surface area contributed by atoms with E-state index in [1.54, 1.807) is 0 Å². The maximum absolute atomic E-state index is 13.3. The van der Waals surface area contributed by atoms with Gasteiger partial charge in [0, 0.05) is 25.8 Å². The SMILES string of the molecule is CCCCCCCCC[C@@H]1C[C@@H]2CCc3c(C(=O)OCCCCN=C(N)N)c(CCCCC)nc([n+]32)N1.[Cl-]. The number of ether oxygens (including phenoxy) is 1. The van der Waals surface area contributed by atoms with Gasteiger partial charge in [-0.05, 0) is 32.1 Å². The largest absolute Gasteiger partial charge is 1.00 e. The molecule has 2 aliphatic rings. The maximum atomic E-state index is 13.3. The molecule has 0 fully saturated rings. The van der Waals surface area contributed by atoms with Gasteiger partial charge in [0.1, 0.15) is 11.3 Å². The Balaban J connectivity index is 0.00000507. The lowest BCUT2D eigenvalue weighted by Gasteiger charge is -2.26. The van der Waals surface area contributed by atoms with Gasteiger partial charge in [-0.25, -0.2) is 9.36 Å². The maximum Gasteiger partial charge on any atom is 0.392 e. The zero-order valence-corrected chi connectivity index (χ0v) is 24.5. The lowest BCUT2D eigenvalue weighted by atomic mass is 9.97. The molecule has 9 heteroatoms. The number of nitrogens with one attached hydrogen (secondary N) is 1. The average molecular weight is 551 g/mol. The molecular weight excluding hydrogens is 500 g/mol. The third-order valence-corrected chi connectivity index (χ3v) is 7.76. The molecule has 2 atom stereocenters. The number of unbranched alkanes of at least 4 members (excludes halogenated alkanes) is 9. The Kier molecular flexibility index (Phi) is 14.8. The Labute approximate surface area is 236 Å². The van der Waals surface area contributed by atoms with E-state index >= 15 is 0 Å². The third kappa shape index (κ3) is 9.58. The average Bonchev–Trinajstić information content (AvgIpc) is 3.30. The third-order valence-electron chi connectivity index (χ3n) is 7.76. The van der Waals surface area contributed by atoms with Crippen LogP contribution in [0.1, 0.15) is 138 Å². The second kappa shape index (κ2) is 17.5. The molecule has 0 aliphatic carbocycles. The first-order valence-corrected chi connectivity index (χ1v) is 15.0. The molecule has 0 spiro atoms. The molecule has 0 unspecified atom stereocenters. The predicted molar refractivity (Wildman–Crippen MR) is 150 cm³/mol. The van der Waals surface area contributed by atoms with E-state index in [4.69, 9.17) is 21.2 Å². The van der Waals surface area contributed by atoms with Gasteiger partial charge in [0.25, 0.3) is 0 Å². The molecule has 0 saturated heterocycles. The van der Waals surface area contributed by atoms with Crippen molar-refractivity contribution >= 4 is 17.9 Å². The van der Waals surface area contributed by atoms with Crippen LogP contribution in [0.4, 0.5) is 5.95 Å². The van der Waals surface area contributed by atoms with Crippen molar-refractivity contribution < 1.29 is 26.5 Å². The second-order valence-corrected chi connectivity index (χ2v) is 10.9. The number of carbonyl (C=O) groups is 1. The van der Waals surface area contributed by atoms with Crippen LogP contribution < -0.4 is 33.8 Å².